The summed E-state index contributed by atoms with van der Waals surface area (Å²) in [7, 11) is 0. The molecule has 1 heterocycles. The molecule has 1 unspecified atom stereocenters. The van der Waals surface area contributed by atoms with Crippen LogP contribution in [0.4, 0.5) is 0 Å². The molecule has 0 saturated carbocycles. The summed E-state index contributed by atoms with van der Waals surface area (Å²) in [4.78, 5) is 0. The van der Waals surface area contributed by atoms with E-state index in [2.05, 4.69) is 13.5 Å². The standard InChI is InChI=1S/C6H10O/c1-5-3-4-7-6(5)2/h5H,2-4H2,1H3. The lowest BCUT2D eigenvalue weighted by molar-refractivity contribution is 0.261. The molecule has 0 aromatic rings. The molecule has 0 aromatic heterocycles. The first-order chi connectivity index (χ1) is 3.30. The minimum atomic E-state index is 0.597. The van der Waals surface area contributed by atoms with Crippen molar-refractivity contribution >= 4 is 0 Å². The van der Waals surface area contributed by atoms with Gasteiger partial charge in [-0.2, -0.15) is 0 Å². The van der Waals surface area contributed by atoms with Crippen molar-refractivity contribution in [1.82, 2.24) is 0 Å². The Morgan fingerprint density at radius 3 is 2.71 bits per heavy atom. The molecule has 0 bridgehead atoms. The third kappa shape index (κ3) is 0.763. The molecule has 1 rings (SSSR count). The SMILES string of the molecule is C=C1OCCC1C. The lowest BCUT2D eigenvalue weighted by atomic mass is 10.1. The van der Waals surface area contributed by atoms with Gasteiger partial charge >= 0.3 is 0 Å². The van der Waals surface area contributed by atoms with Crippen molar-refractivity contribution in [3.05, 3.63) is 12.3 Å². The van der Waals surface area contributed by atoms with E-state index in [0.29, 0.717) is 5.92 Å². The lowest BCUT2D eigenvalue weighted by Crippen LogP contribution is -1.85. The number of hydrogen-bond acceptors (Lipinski definition) is 1. The van der Waals surface area contributed by atoms with Gasteiger partial charge in [0.2, 0.25) is 0 Å². The molecular weight excluding hydrogens is 88.1 g/mol. The van der Waals surface area contributed by atoms with Crippen LogP contribution in [0.25, 0.3) is 0 Å². The molecule has 1 saturated heterocycles. The molecule has 1 fully saturated rings. The zero-order chi connectivity index (χ0) is 5.28. The van der Waals surface area contributed by atoms with E-state index in [1.165, 1.54) is 0 Å². The Bertz CT molecular complexity index is 86.2. The second kappa shape index (κ2) is 1.57. The van der Waals surface area contributed by atoms with Gasteiger partial charge in [-0.15, -0.1) is 0 Å². The van der Waals surface area contributed by atoms with Crippen LogP contribution < -0.4 is 0 Å². The Morgan fingerprint density at radius 1 is 1.86 bits per heavy atom. The van der Waals surface area contributed by atoms with Crippen LogP contribution in [0.5, 0.6) is 0 Å². The van der Waals surface area contributed by atoms with E-state index in [1.54, 1.807) is 0 Å². The van der Waals surface area contributed by atoms with E-state index in [0.717, 1.165) is 18.8 Å². The summed E-state index contributed by atoms with van der Waals surface area (Å²) < 4.78 is 5.07. The maximum absolute atomic E-state index is 5.07. The quantitative estimate of drug-likeness (QED) is 0.446. The second-order valence-corrected chi connectivity index (χ2v) is 2.00. The third-order valence-corrected chi connectivity index (χ3v) is 1.39. The first-order valence-corrected chi connectivity index (χ1v) is 2.62. The summed E-state index contributed by atoms with van der Waals surface area (Å²) >= 11 is 0. The fourth-order valence-electron chi connectivity index (χ4n) is 0.670. The molecule has 1 heteroatoms. The molecule has 40 valence electrons. The van der Waals surface area contributed by atoms with Crippen molar-refractivity contribution in [2.75, 3.05) is 6.61 Å². The average Bonchev–Trinajstić information content (AvgIpc) is 1.91. The van der Waals surface area contributed by atoms with Crippen molar-refractivity contribution in [2.45, 2.75) is 13.3 Å². The van der Waals surface area contributed by atoms with Gasteiger partial charge in [0, 0.05) is 5.92 Å². The van der Waals surface area contributed by atoms with E-state index >= 15 is 0 Å². The summed E-state index contributed by atoms with van der Waals surface area (Å²) in [6, 6.07) is 0. The largest absolute Gasteiger partial charge is 0.498 e. The van der Waals surface area contributed by atoms with Gasteiger partial charge < -0.3 is 4.74 Å². The first-order valence-electron chi connectivity index (χ1n) is 2.62. The highest BCUT2D eigenvalue weighted by Crippen LogP contribution is 2.20. The molecule has 0 aromatic carbocycles. The Kier molecular flexibility index (Phi) is 1.05. The average molecular weight is 98.1 g/mol. The number of allylic oxidation sites excluding steroid dienone is 1. The van der Waals surface area contributed by atoms with Gasteiger partial charge in [-0.05, 0) is 6.42 Å². The first kappa shape index (κ1) is 4.69. The minimum Gasteiger partial charge on any atom is -0.498 e. The monoisotopic (exact) mass is 98.1 g/mol. The third-order valence-electron chi connectivity index (χ3n) is 1.39. The molecule has 0 amide bonds. The number of hydrogen-bond donors (Lipinski definition) is 0. The van der Waals surface area contributed by atoms with Crippen LogP contribution in [-0.4, -0.2) is 6.61 Å². The predicted molar refractivity (Wildman–Crippen MR) is 28.9 cm³/mol. The van der Waals surface area contributed by atoms with Crippen LogP contribution in [0.1, 0.15) is 13.3 Å². The van der Waals surface area contributed by atoms with Gasteiger partial charge in [0.25, 0.3) is 0 Å². The summed E-state index contributed by atoms with van der Waals surface area (Å²) in [5.41, 5.74) is 0. The molecule has 0 radical (unpaired) electrons. The fourth-order valence-corrected chi connectivity index (χ4v) is 0.670. The maximum atomic E-state index is 5.07. The zero-order valence-corrected chi connectivity index (χ0v) is 4.61. The van der Waals surface area contributed by atoms with E-state index in [-0.39, 0.29) is 0 Å². The maximum Gasteiger partial charge on any atom is 0.0917 e. The topological polar surface area (TPSA) is 9.23 Å². The molecule has 7 heavy (non-hydrogen) atoms. The summed E-state index contributed by atoms with van der Waals surface area (Å²) in [6.45, 7) is 6.72. The van der Waals surface area contributed by atoms with Gasteiger partial charge in [-0.25, -0.2) is 0 Å². The van der Waals surface area contributed by atoms with E-state index in [1.807, 2.05) is 0 Å². The fraction of sp³-hybridized carbons (Fsp3) is 0.667. The van der Waals surface area contributed by atoms with Crippen LogP contribution in [-0.2, 0) is 4.74 Å². The number of rotatable bonds is 0. The molecule has 1 nitrogen and oxygen atoms in total. The van der Waals surface area contributed by atoms with Crippen LogP contribution in [0, 0.1) is 5.92 Å². The van der Waals surface area contributed by atoms with E-state index < -0.39 is 0 Å². The molecule has 1 aliphatic heterocycles. The molecule has 0 spiro atoms. The zero-order valence-electron chi connectivity index (χ0n) is 4.61. The van der Waals surface area contributed by atoms with E-state index in [9.17, 15) is 0 Å². The lowest BCUT2D eigenvalue weighted by Gasteiger charge is -1.96. The van der Waals surface area contributed by atoms with Gasteiger partial charge in [-0.3, -0.25) is 0 Å². The van der Waals surface area contributed by atoms with E-state index in [4.69, 9.17) is 4.74 Å². The molecule has 0 aliphatic carbocycles. The second-order valence-electron chi connectivity index (χ2n) is 2.00. The van der Waals surface area contributed by atoms with Crippen LogP contribution >= 0.6 is 0 Å². The highest BCUT2D eigenvalue weighted by molar-refractivity contribution is 4.92. The predicted octanol–water partition coefficient (Wildman–Crippen LogP) is 1.56. The van der Waals surface area contributed by atoms with Crippen LogP contribution in [0.2, 0.25) is 0 Å². The van der Waals surface area contributed by atoms with Gasteiger partial charge in [0.15, 0.2) is 0 Å². The normalized spacial score (nSPS) is 30.4. The van der Waals surface area contributed by atoms with Gasteiger partial charge in [0.1, 0.15) is 0 Å². The Hall–Kier alpha value is -0.460. The van der Waals surface area contributed by atoms with Crippen molar-refractivity contribution in [2.24, 2.45) is 5.92 Å². The van der Waals surface area contributed by atoms with Crippen LogP contribution in [0.3, 0.4) is 0 Å². The molecule has 0 N–H and O–H groups in total. The van der Waals surface area contributed by atoms with Crippen molar-refractivity contribution in [1.29, 1.82) is 0 Å². The smallest absolute Gasteiger partial charge is 0.0917 e. The Morgan fingerprint density at radius 2 is 2.57 bits per heavy atom. The molecule has 1 aliphatic rings. The Balaban J connectivity index is 2.48. The molecular formula is C6H10O. The van der Waals surface area contributed by atoms with Crippen molar-refractivity contribution in [3.8, 4) is 0 Å². The van der Waals surface area contributed by atoms with Crippen molar-refractivity contribution < 1.29 is 4.74 Å². The highest BCUT2D eigenvalue weighted by Gasteiger charge is 2.13. The Labute approximate surface area is 44.0 Å². The van der Waals surface area contributed by atoms with Crippen LogP contribution in [0.15, 0.2) is 12.3 Å². The summed E-state index contributed by atoms with van der Waals surface area (Å²) in [5, 5.41) is 0. The summed E-state index contributed by atoms with van der Waals surface area (Å²) in [5.74, 6) is 1.56. The highest BCUT2D eigenvalue weighted by atomic mass is 16.5. The van der Waals surface area contributed by atoms with Gasteiger partial charge in [0.05, 0.1) is 12.4 Å². The minimum absolute atomic E-state index is 0.597. The summed E-state index contributed by atoms with van der Waals surface area (Å²) in [6.07, 6.45) is 1.15. The van der Waals surface area contributed by atoms with Gasteiger partial charge in [-0.1, -0.05) is 13.5 Å². The number of ether oxygens (including phenoxy) is 1. The molecule has 1 atom stereocenters. The van der Waals surface area contributed by atoms with Crippen molar-refractivity contribution in [3.63, 3.8) is 0 Å².